The Labute approximate surface area is 103 Å². The molecule has 0 fully saturated rings. The van der Waals surface area contributed by atoms with Crippen LogP contribution in [0.15, 0.2) is 18.2 Å². The zero-order valence-electron chi connectivity index (χ0n) is 11.0. The molecule has 0 radical (unpaired) electrons. The van der Waals surface area contributed by atoms with Crippen LogP contribution in [0.5, 0.6) is 0 Å². The van der Waals surface area contributed by atoms with Gasteiger partial charge in [0.05, 0.1) is 17.4 Å². The highest BCUT2D eigenvalue weighted by atomic mass is 15.2. The predicted molar refractivity (Wildman–Crippen MR) is 70.3 cm³/mol. The first kappa shape index (κ1) is 13.8. The maximum atomic E-state index is 5.64. The van der Waals surface area contributed by atoms with E-state index >= 15 is 0 Å². The van der Waals surface area contributed by atoms with Gasteiger partial charge in [0.25, 0.3) is 0 Å². The minimum Gasteiger partial charge on any atom is -0.271 e. The number of nitrogens with two attached hydrogens (primary N) is 1. The maximum Gasteiger partial charge on any atom is 0.0676 e. The quantitative estimate of drug-likeness (QED) is 0.450. The van der Waals surface area contributed by atoms with Crippen LogP contribution in [-0.4, -0.2) is 10.2 Å². The van der Waals surface area contributed by atoms with Crippen LogP contribution in [0.2, 0.25) is 0 Å². The number of rotatable bonds is 6. The molecule has 1 aromatic heterocycles. The van der Waals surface area contributed by atoms with Crippen LogP contribution in [0.3, 0.4) is 0 Å². The van der Waals surface area contributed by atoms with E-state index in [1.807, 2.05) is 6.92 Å². The topological polar surface area (TPSA) is 63.8 Å². The largest absolute Gasteiger partial charge is 0.271 e. The monoisotopic (exact) mass is 234 g/mol. The average Bonchev–Trinajstić information content (AvgIpc) is 2.35. The lowest BCUT2D eigenvalue weighted by molar-refractivity contribution is 0.535. The molecule has 1 rings (SSSR count). The van der Waals surface area contributed by atoms with Crippen LogP contribution in [0, 0.1) is 6.92 Å². The number of hydrazine groups is 1. The Morgan fingerprint density at radius 2 is 2.18 bits per heavy atom. The fraction of sp³-hybridized carbons (Fsp3) is 0.538. The molecule has 1 heterocycles. The highest BCUT2D eigenvalue weighted by molar-refractivity contribution is 5.26. The van der Waals surface area contributed by atoms with Crippen molar-refractivity contribution in [1.82, 2.24) is 15.6 Å². The van der Waals surface area contributed by atoms with Crippen molar-refractivity contribution in [3.63, 3.8) is 0 Å². The van der Waals surface area contributed by atoms with Gasteiger partial charge in [0.1, 0.15) is 0 Å². The van der Waals surface area contributed by atoms with Crippen LogP contribution < -0.4 is 11.3 Å². The van der Waals surface area contributed by atoms with E-state index in [4.69, 9.17) is 5.84 Å². The standard InChI is InChI=1S/C13H22N4/c1-5-9(3)7-13(15-14)11-8-10(4)16-17-12(11)6-2/h8,13,15H,3,5-7,14H2,1-2,4H3. The molecular weight excluding hydrogens is 212 g/mol. The average molecular weight is 234 g/mol. The number of hydrogen-bond acceptors (Lipinski definition) is 4. The summed E-state index contributed by atoms with van der Waals surface area (Å²) in [6, 6.07) is 2.13. The van der Waals surface area contributed by atoms with Crippen LogP contribution >= 0.6 is 0 Å². The van der Waals surface area contributed by atoms with Crippen molar-refractivity contribution in [3.05, 3.63) is 35.2 Å². The van der Waals surface area contributed by atoms with Gasteiger partial charge in [-0.1, -0.05) is 26.0 Å². The van der Waals surface area contributed by atoms with E-state index in [-0.39, 0.29) is 6.04 Å². The fourth-order valence-electron chi connectivity index (χ4n) is 1.80. The molecule has 94 valence electrons. The SMILES string of the molecule is C=C(CC)CC(NN)c1cc(C)nnc1CC. The molecule has 1 atom stereocenters. The molecular formula is C13H22N4. The highest BCUT2D eigenvalue weighted by Gasteiger charge is 2.15. The highest BCUT2D eigenvalue weighted by Crippen LogP contribution is 2.23. The smallest absolute Gasteiger partial charge is 0.0676 e. The zero-order chi connectivity index (χ0) is 12.8. The van der Waals surface area contributed by atoms with Crippen molar-refractivity contribution >= 4 is 0 Å². The first-order chi connectivity index (χ1) is 8.12. The van der Waals surface area contributed by atoms with Gasteiger partial charge in [-0.25, -0.2) is 0 Å². The van der Waals surface area contributed by atoms with Crippen molar-refractivity contribution in [2.24, 2.45) is 5.84 Å². The summed E-state index contributed by atoms with van der Waals surface area (Å²) in [5.41, 5.74) is 7.10. The predicted octanol–water partition coefficient (Wildman–Crippen LogP) is 2.21. The van der Waals surface area contributed by atoms with Crippen molar-refractivity contribution in [2.75, 3.05) is 0 Å². The van der Waals surface area contributed by atoms with Crippen molar-refractivity contribution in [1.29, 1.82) is 0 Å². The summed E-state index contributed by atoms with van der Waals surface area (Å²) in [6.07, 6.45) is 2.67. The Kier molecular flexibility index (Phi) is 5.25. The molecule has 0 bridgehead atoms. The number of nitrogens with zero attached hydrogens (tertiary/aromatic N) is 2. The van der Waals surface area contributed by atoms with Gasteiger partial charge < -0.3 is 0 Å². The van der Waals surface area contributed by atoms with E-state index in [1.54, 1.807) is 0 Å². The summed E-state index contributed by atoms with van der Waals surface area (Å²) in [4.78, 5) is 0. The summed E-state index contributed by atoms with van der Waals surface area (Å²) in [5.74, 6) is 5.64. The van der Waals surface area contributed by atoms with E-state index in [9.17, 15) is 0 Å². The Balaban J connectivity index is 3.01. The van der Waals surface area contributed by atoms with E-state index in [2.05, 4.69) is 42.1 Å². The summed E-state index contributed by atoms with van der Waals surface area (Å²) in [5, 5.41) is 8.31. The molecule has 1 aromatic rings. The molecule has 0 saturated carbocycles. The lowest BCUT2D eigenvalue weighted by atomic mass is 9.97. The normalized spacial score (nSPS) is 12.5. The third-order valence-corrected chi connectivity index (χ3v) is 2.93. The molecule has 4 nitrogen and oxygen atoms in total. The van der Waals surface area contributed by atoms with Gasteiger partial charge in [0, 0.05) is 0 Å². The first-order valence-electron chi connectivity index (χ1n) is 6.08. The summed E-state index contributed by atoms with van der Waals surface area (Å²) >= 11 is 0. The van der Waals surface area contributed by atoms with Gasteiger partial charge in [-0.15, -0.1) is 0 Å². The van der Waals surface area contributed by atoms with E-state index in [0.29, 0.717) is 0 Å². The second-order valence-electron chi connectivity index (χ2n) is 4.27. The molecule has 0 spiro atoms. The third-order valence-electron chi connectivity index (χ3n) is 2.93. The first-order valence-corrected chi connectivity index (χ1v) is 6.08. The number of aryl methyl sites for hydroxylation is 2. The van der Waals surface area contributed by atoms with Crippen molar-refractivity contribution in [2.45, 2.75) is 46.1 Å². The lowest BCUT2D eigenvalue weighted by Crippen LogP contribution is -2.29. The Bertz CT molecular complexity index is 387. The minimum absolute atomic E-state index is 0.0756. The van der Waals surface area contributed by atoms with E-state index in [1.165, 1.54) is 5.57 Å². The van der Waals surface area contributed by atoms with Gasteiger partial charge in [-0.05, 0) is 37.8 Å². The summed E-state index contributed by atoms with van der Waals surface area (Å²) < 4.78 is 0. The summed E-state index contributed by atoms with van der Waals surface area (Å²) in [7, 11) is 0. The molecule has 0 aliphatic rings. The van der Waals surface area contributed by atoms with Crippen LogP contribution in [0.25, 0.3) is 0 Å². The Hall–Kier alpha value is -1.26. The van der Waals surface area contributed by atoms with Gasteiger partial charge in [0.15, 0.2) is 0 Å². The number of nitrogens with one attached hydrogen (secondary N) is 1. The molecule has 0 aliphatic heterocycles. The number of aromatic nitrogens is 2. The van der Waals surface area contributed by atoms with Crippen molar-refractivity contribution in [3.8, 4) is 0 Å². The third kappa shape index (κ3) is 3.61. The summed E-state index contributed by atoms with van der Waals surface area (Å²) in [6.45, 7) is 10.2. The molecule has 4 heteroatoms. The minimum atomic E-state index is 0.0756. The maximum absolute atomic E-state index is 5.64. The number of hydrogen-bond donors (Lipinski definition) is 2. The Morgan fingerprint density at radius 3 is 2.71 bits per heavy atom. The van der Waals surface area contributed by atoms with Gasteiger partial charge in [0.2, 0.25) is 0 Å². The molecule has 17 heavy (non-hydrogen) atoms. The van der Waals surface area contributed by atoms with Crippen LogP contribution in [0.4, 0.5) is 0 Å². The second kappa shape index (κ2) is 6.47. The van der Waals surface area contributed by atoms with Crippen molar-refractivity contribution < 1.29 is 0 Å². The molecule has 1 unspecified atom stereocenters. The molecule has 0 saturated heterocycles. The van der Waals surface area contributed by atoms with Crippen LogP contribution in [0.1, 0.15) is 49.7 Å². The van der Waals surface area contributed by atoms with Gasteiger partial charge in [-0.3, -0.25) is 11.3 Å². The van der Waals surface area contributed by atoms with Gasteiger partial charge >= 0.3 is 0 Å². The molecule has 0 aliphatic carbocycles. The second-order valence-corrected chi connectivity index (χ2v) is 4.27. The molecule has 3 N–H and O–H groups in total. The molecule has 0 amide bonds. The Morgan fingerprint density at radius 1 is 1.47 bits per heavy atom. The van der Waals surface area contributed by atoms with Crippen LogP contribution in [-0.2, 0) is 6.42 Å². The van der Waals surface area contributed by atoms with E-state index in [0.717, 1.165) is 36.2 Å². The lowest BCUT2D eigenvalue weighted by Gasteiger charge is -2.19. The van der Waals surface area contributed by atoms with E-state index < -0.39 is 0 Å². The zero-order valence-corrected chi connectivity index (χ0v) is 11.0. The van der Waals surface area contributed by atoms with Gasteiger partial charge in [-0.2, -0.15) is 10.2 Å². The molecule has 0 aromatic carbocycles. The fourth-order valence-corrected chi connectivity index (χ4v) is 1.80.